The van der Waals surface area contributed by atoms with Crippen molar-refractivity contribution in [3.05, 3.63) is 0 Å². The number of ether oxygens (including phenoxy) is 1. The average Bonchev–Trinajstić information content (AvgIpc) is 3.13. The van der Waals surface area contributed by atoms with E-state index in [9.17, 15) is 4.79 Å². The zero-order chi connectivity index (χ0) is 15.0. The third-order valence-corrected chi connectivity index (χ3v) is 3.91. The Balaban J connectivity index is 2.18. The number of rotatable bonds is 9. The van der Waals surface area contributed by atoms with Gasteiger partial charge in [0.25, 0.3) is 0 Å². The standard InChI is InChI=1S/C15H30N2O2S/c1-15(2,3)19-14(18)17-13(12-7-8-12)11-16-9-5-6-10-20-4/h12-13,16H,5-11H2,1-4H3,(H,17,18). The highest BCUT2D eigenvalue weighted by Crippen LogP contribution is 2.32. The van der Waals surface area contributed by atoms with Crippen molar-refractivity contribution in [2.75, 3.05) is 25.1 Å². The second-order valence-electron chi connectivity index (χ2n) is 6.49. The molecule has 0 aromatic rings. The average molecular weight is 302 g/mol. The predicted molar refractivity (Wildman–Crippen MR) is 86.4 cm³/mol. The summed E-state index contributed by atoms with van der Waals surface area (Å²) < 4.78 is 5.32. The summed E-state index contributed by atoms with van der Waals surface area (Å²) in [6, 6.07) is 0.213. The first-order valence-corrected chi connectivity index (χ1v) is 9.01. The predicted octanol–water partition coefficient (Wildman–Crippen LogP) is 3.02. The quantitative estimate of drug-likeness (QED) is 0.643. The summed E-state index contributed by atoms with van der Waals surface area (Å²) in [6.07, 6.45) is 6.73. The topological polar surface area (TPSA) is 50.4 Å². The van der Waals surface area contributed by atoms with Crippen LogP contribution in [-0.4, -0.2) is 42.8 Å². The van der Waals surface area contributed by atoms with Gasteiger partial charge in [0.2, 0.25) is 0 Å². The molecule has 0 aromatic carbocycles. The van der Waals surface area contributed by atoms with E-state index in [2.05, 4.69) is 16.9 Å². The zero-order valence-electron chi connectivity index (χ0n) is 13.3. The fourth-order valence-electron chi connectivity index (χ4n) is 2.05. The summed E-state index contributed by atoms with van der Waals surface area (Å²) in [5.41, 5.74) is -0.427. The first-order valence-electron chi connectivity index (χ1n) is 7.61. The minimum absolute atomic E-state index is 0.213. The number of carbonyl (C=O) groups is 1. The van der Waals surface area contributed by atoms with Gasteiger partial charge >= 0.3 is 6.09 Å². The highest BCUT2D eigenvalue weighted by atomic mass is 32.2. The molecule has 1 atom stereocenters. The molecule has 118 valence electrons. The SMILES string of the molecule is CSCCCCNCC(NC(=O)OC(C)(C)C)C1CC1. The molecular formula is C15H30N2O2S. The monoisotopic (exact) mass is 302 g/mol. The third kappa shape index (κ3) is 8.69. The number of nitrogens with one attached hydrogen (secondary N) is 2. The zero-order valence-corrected chi connectivity index (χ0v) is 14.1. The fourth-order valence-corrected chi connectivity index (χ4v) is 2.54. The van der Waals surface area contributed by atoms with Gasteiger partial charge in [-0.25, -0.2) is 4.79 Å². The molecule has 0 radical (unpaired) electrons. The van der Waals surface area contributed by atoms with Crippen molar-refractivity contribution in [2.24, 2.45) is 5.92 Å². The van der Waals surface area contributed by atoms with Crippen LogP contribution in [0.2, 0.25) is 0 Å². The van der Waals surface area contributed by atoms with E-state index in [0.29, 0.717) is 5.92 Å². The summed E-state index contributed by atoms with van der Waals surface area (Å²) in [5.74, 6) is 1.85. The van der Waals surface area contributed by atoms with Gasteiger partial charge in [0.15, 0.2) is 0 Å². The Kier molecular flexibility index (Phi) is 7.74. The summed E-state index contributed by atoms with van der Waals surface area (Å²) in [7, 11) is 0. The molecule has 1 unspecified atom stereocenters. The van der Waals surface area contributed by atoms with E-state index in [4.69, 9.17) is 4.74 Å². The fraction of sp³-hybridized carbons (Fsp3) is 0.933. The van der Waals surface area contributed by atoms with Crippen LogP contribution in [0.4, 0.5) is 4.79 Å². The van der Waals surface area contributed by atoms with Gasteiger partial charge in [-0.2, -0.15) is 11.8 Å². The van der Waals surface area contributed by atoms with Crippen LogP contribution >= 0.6 is 11.8 Å². The van der Waals surface area contributed by atoms with Gasteiger partial charge in [0, 0.05) is 12.6 Å². The molecule has 0 aromatic heterocycles. The molecule has 4 nitrogen and oxygen atoms in total. The van der Waals surface area contributed by atoms with Crippen LogP contribution in [0.25, 0.3) is 0 Å². The number of carbonyl (C=O) groups excluding carboxylic acids is 1. The van der Waals surface area contributed by atoms with Crippen molar-refractivity contribution in [1.29, 1.82) is 0 Å². The van der Waals surface area contributed by atoms with Gasteiger partial charge in [-0.3, -0.25) is 0 Å². The van der Waals surface area contributed by atoms with Gasteiger partial charge in [-0.05, 0) is 70.9 Å². The minimum atomic E-state index is -0.427. The number of alkyl carbamates (subject to hydrolysis) is 1. The van der Waals surface area contributed by atoms with E-state index in [-0.39, 0.29) is 12.1 Å². The molecule has 0 spiro atoms. The maximum Gasteiger partial charge on any atom is 0.407 e. The van der Waals surface area contributed by atoms with Crippen molar-refractivity contribution in [1.82, 2.24) is 10.6 Å². The van der Waals surface area contributed by atoms with Crippen LogP contribution in [0.5, 0.6) is 0 Å². The maximum absolute atomic E-state index is 11.8. The summed E-state index contributed by atoms with van der Waals surface area (Å²) >= 11 is 1.89. The van der Waals surface area contributed by atoms with Gasteiger partial charge < -0.3 is 15.4 Å². The molecule has 1 rings (SSSR count). The summed E-state index contributed by atoms with van der Waals surface area (Å²) in [5, 5.41) is 6.46. The molecule has 1 aliphatic carbocycles. The van der Waals surface area contributed by atoms with Crippen molar-refractivity contribution in [2.45, 2.75) is 58.1 Å². The molecule has 1 saturated carbocycles. The molecule has 0 bridgehead atoms. The molecule has 5 heteroatoms. The van der Waals surface area contributed by atoms with Crippen LogP contribution in [-0.2, 0) is 4.74 Å². The summed E-state index contributed by atoms with van der Waals surface area (Å²) in [4.78, 5) is 11.8. The Morgan fingerprint density at radius 3 is 2.60 bits per heavy atom. The minimum Gasteiger partial charge on any atom is -0.444 e. The number of thioether (sulfide) groups is 1. The van der Waals surface area contributed by atoms with E-state index in [1.807, 2.05) is 32.5 Å². The van der Waals surface area contributed by atoms with E-state index < -0.39 is 5.60 Å². The van der Waals surface area contributed by atoms with Crippen molar-refractivity contribution < 1.29 is 9.53 Å². The normalized spacial score (nSPS) is 16.8. The first-order chi connectivity index (χ1) is 9.42. The van der Waals surface area contributed by atoms with E-state index >= 15 is 0 Å². The lowest BCUT2D eigenvalue weighted by atomic mass is 10.2. The Labute approximate surface area is 127 Å². The molecule has 0 aliphatic heterocycles. The van der Waals surface area contributed by atoms with Crippen molar-refractivity contribution in [3.8, 4) is 0 Å². The van der Waals surface area contributed by atoms with Crippen molar-refractivity contribution in [3.63, 3.8) is 0 Å². The second kappa shape index (κ2) is 8.78. The molecule has 1 fully saturated rings. The van der Waals surface area contributed by atoms with Crippen LogP contribution in [0.15, 0.2) is 0 Å². The molecule has 0 heterocycles. The van der Waals surface area contributed by atoms with Crippen LogP contribution in [0.3, 0.4) is 0 Å². The highest BCUT2D eigenvalue weighted by Gasteiger charge is 2.32. The lowest BCUT2D eigenvalue weighted by molar-refractivity contribution is 0.0497. The largest absolute Gasteiger partial charge is 0.444 e. The molecule has 1 amide bonds. The maximum atomic E-state index is 11.8. The van der Waals surface area contributed by atoms with Crippen molar-refractivity contribution >= 4 is 17.9 Å². The van der Waals surface area contributed by atoms with Gasteiger partial charge in [-0.15, -0.1) is 0 Å². The number of hydrogen-bond donors (Lipinski definition) is 2. The Bertz CT molecular complexity index is 288. The Morgan fingerprint density at radius 2 is 2.05 bits per heavy atom. The van der Waals surface area contributed by atoms with E-state index in [1.54, 1.807) is 0 Å². The van der Waals surface area contributed by atoms with Crippen LogP contribution < -0.4 is 10.6 Å². The first kappa shape index (κ1) is 17.6. The number of unbranched alkanes of at least 4 members (excludes halogenated alkanes) is 1. The molecule has 2 N–H and O–H groups in total. The summed E-state index contributed by atoms with van der Waals surface area (Å²) in [6.45, 7) is 7.55. The Hall–Kier alpha value is -0.420. The molecule has 1 aliphatic rings. The van der Waals surface area contributed by atoms with E-state index in [1.165, 1.54) is 31.4 Å². The smallest absolute Gasteiger partial charge is 0.407 e. The lowest BCUT2D eigenvalue weighted by Crippen LogP contribution is -2.45. The third-order valence-electron chi connectivity index (χ3n) is 3.21. The number of amides is 1. The Morgan fingerprint density at radius 1 is 1.35 bits per heavy atom. The van der Waals surface area contributed by atoms with Crippen LogP contribution in [0.1, 0.15) is 46.5 Å². The molecular weight excluding hydrogens is 272 g/mol. The number of hydrogen-bond acceptors (Lipinski definition) is 4. The van der Waals surface area contributed by atoms with Gasteiger partial charge in [-0.1, -0.05) is 0 Å². The molecule has 20 heavy (non-hydrogen) atoms. The van der Waals surface area contributed by atoms with Gasteiger partial charge in [0.05, 0.1) is 0 Å². The lowest BCUT2D eigenvalue weighted by Gasteiger charge is -2.24. The van der Waals surface area contributed by atoms with Crippen LogP contribution in [0, 0.1) is 5.92 Å². The second-order valence-corrected chi connectivity index (χ2v) is 7.48. The van der Waals surface area contributed by atoms with E-state index in [0.717, 1.165) is 13.1 Å². The highest BCUT2D eigenvalue weighted by molar-refractivity contribution is 7.98. The van der Waals surface area contributed by atoms with Gasteiger partial charge in [0.1, 0.15) is 5.60 Å². The molecule has 0 saturated heterocycles.